The second-order valence-corrected chi connectivity index (χ2v) is 7.09. The summed E-state index contributed by atoms with van der Waals surface area (Å²) in [5.41, 5.74) is 1.83. The highest BCUT2D eigenvalue weighted by Gasteiger charge is 2.45. The van der Waals surface area contributed by atoms with Gasteiger partial charge in [0.2, 0.25) is 0 Å². The van der Waals surface area contributed by atoms with E-state index in [-0.39, 0.29) is 30.5 Å². The largest absolute Gasteiger partial charge is 0.507 e. The van der Waals surface area contributed by atoms with E-state index < -0.39 is 35.3 Å². The molecule has 1 atom stereocenters. The molecule has 6 nitrogen and oxygen atoms in total. The summed E-state index contributed by atoms with van der Waals surface area (Å²) in [6.07, 6.45) is 0.833. The third-order valence-electron chi connectivity index (χ3n) is 5.15. The van der Waals surface area contributed by atoms with Gasteiger partial charge in [0.25, 0.3) is 11.7 Å². The minimum Gasteiger partial charge on any atom is -0.507 e. The number of hydrogen-bond donors (Lipinski definition) is 2. The maximum absolute atomic E-state index is 13.3. The van der Waals surface area contributed by atoms with E-state index >= 15 is 0 Å². The molecule has 1 heterocycles. The minimum absolute atomic E-state index is 0.0528. The van der Waals surface area contributed by atoms with Crippen molar-refractivity contribution in [1.29, 1.82) is 0 Å². The molecule has 1 unspecified atom stereocenters. The Labute approximate surface area is 173 Å². The average Bonchev–Trinajstić information content (AvgIpc) is 2.98. The molecule has 7 heteroatoms. The van der Waals surface area contributed by atoms with Crippen LogP contribution in [0.2, 0.25) is 0 Å². The molecule has 0 saturated carbocycles. The van der Waals surface area contributed by atoms with Crippen molar-refractivity contribution in [3.05, 3.63) is 76.6 Å². The SMILES string of the molecule is CCc1ccc(C2C(=C(O)c3ccc(F)cc3)C(=O)C(=O)N2CCCC(=O)O)cc1. The van der Waals surface area contributed by atoms with Crippen molar-refractivity contribution in [1.82, 2.24) is 4.90 Å². The van der Waals surface area contributed by atoms with E-state index in [0.717, 1.165) is 24.1 Å². The third kappa shape index (κ3) is 4.25. The first kappa shape index (κ1) is 21.2. The van der Waals surface area contributed by atoms with Gasteiger partial charge in [0.15, 0.2) is 0 Å². The molecule has 0 aliphatic carbocycles. The van der Waals surface area contributed by atoms with Crippen LogP contribution >= 0.6 is 0 Å². The molecular formula is C23H22FNO5. The van der Waals surface area contributed by atoms with E-state index in [0.29, 0.717) is 5.56 Å². The van der Waals surface area contributed by atoms with Gasteiger partial charge >= 0.3 is 5.97 Å². The molecule has 1 aliphatic rings. The highest BCUT2D eigenvalue weighted by Crippen LogP contribution is 2.39. The quantitative estimate of drug-likeness (QED) is 0.412. The van der Waals surface area contributed by atoms with Crippen LogP contribution in [0.4, 0.5) is 4.39 Å². The number of amides is 1. The predicted octanol–water partition coefficient (Wildman–Crippen LogP) is 3.67. The fourth-order valence-corrected chi connectivity index (χ4v) is 3.56. The maximum atomic E-state index is 13.3. The summed E-state index contributed by atoms with van der Waals surface area (Å²) >= 11 is 0. The number of carboxylic acids is 1. The normalized spacial score (nSPS) is 18.1. The van der Waals surface area contributed by atoms with Gasteiger partial charge in [-0.05, 0) is 48.2 Å². The molecule has 3 rings (SSSR count). The number of carbonyl (C=O) groups excluding carboxylic acids is 2. The molecule has 0 spiro atoms. The molecule has 2 aromatic carbocycles. The van der Waals surface area contributed by atoms with Crippen LogP contribution in [0, 0.1) is 5.82 Å². The summed E-state index contributed by atoms with van der Waals surface area (Å²) in [4.78, 5) is 37.7. The summed E-state index contributed by atoms with van der Waals surface area (Å²) in [5.74, 6) is -3.53. The Hall–Kier alpha value is -3.48. The summed E-state index contributed by atoms with van der Waals surface area (Å²) in [7, 11) is 0. The number of ketones is 1. The van der Waals surface area contributed by atoms with Crippen LogP contribution in [0.15, 0.2) is 54.1 Å². The van der Waals surface area contributed by atoms with E-state index in [1.807, 2.05) is 19.1 Å². The van der Waals surface area contributed by atoms with Crippen LogP contribution in [-0.4, -0.2) is 39.3 Å². The highest BCUT2D eigenvalue weighted by atomic mass is 19.1. The molecule has 1 saturated heterocycles. The average molecular weight is 411 g/mol. The molecule has 0 bridgehead atoms. The zero-order valence-corrected chi connectivity index (χ0v) is 16.5. The molecule has 0 radical (unpaired) electrons. The second kappa shape index (κ2) is 8.90. The fourth-order valence-electron chi connectivity index (χ4n) is 3.56. The van der Waals surface area contributed by atoms with Crippen LogP contribution in [-0.2, 0) is 20.8 Å². The van der Waals surface area contributed by atoms with E-state index in [4.69, 9.17) is 5.11 Å². The fraction of sp³-hybridized carbons (Fsp3) is 0.261. The van der Waals surface area contributed by atoms with Crippen molar-refractivity contribution >= 4 is 23.4 Å². The van der Waals surface area contributed by atoms with Crippen molar-refractivity contribution in [3.8, 4) is 0 Å². The third-order valence-corrected chi connectivity index (χ3v) is 5.15. The highest BCUT2D eigenvalue weighted by molar-refractivity contribution is 6.46. The smallest absolute Gasteiger partial charge is 0.303 e. The van der Waals surface area contributed by atoms with Crippen LogP contribution in [0.25, 0.3) is 5.76 Å². The Bertz CT molecular complexity index is 995. The molecule has 1 amide bonds. The number of hydrogen-bond acceptors (Lipinski definition) is 4. The Balaban J connectivity index is 2.08. The Morgan fingerprint density at radius 2 is 1.67 bits per heavy atom. The number of halogens is 1. The van der Waals surface area contributed by atoms with Gasteiger partial charge in [0.1, 0.15) is 11.6 Å². The Morgan fingerprint density at radius 1 is 1.03 bits per heavy atom. The topological polar surface area (TPSA) is 94.9 Å². The standard InChI is InChI=1S/C23H22FNO5/c1-2-14-5-7-15(8-6-14)20-19(21(28)16-9-11-17(24)12-10-16)22(29)23(30)25(20)13-3-4-18(26)27/h5-12,20,28H,2-4,13H2,1H3,(H,26,27). The lowest BCUT2D eigenvalue weighted by Crippen LogP contribution is -2.31. The number of aryl methyl sites for hydroxylation is 1. The van der Waals surface area contributed by atoms with Crippen molar-refractivity contribution in [2.45, 2.75) is 32.2 Å². The number of likely N-dealkylation sites (tertiary alicyclic amines) is 1. The lowest BCUT2D eigenvalue weighted by molar-refractivity contribution is -0.140. The first-order valence-corrected chi connectivity index (χ1v) is 9.68. The van der Waals surface area contributed by atoms with Gasteiger partial charge in [-0.25, -0.2) is 4.39 Å². The Morgan fingerprint density at radius 3 is 2.23 bits per heavy atom. The van der Waals surface area contributed by atoms with Crippen molar-refractivity contribution in [2.24, 2.45) is 0 Å². The summed E-state index contributed by atoms with van der Waals surface area (Å²) < 4.78 is 13.3. The zero-order valence-electron chi connectivity index (χ0n) is 16.5. The Kier molecular flexibility index (Phi) is 6.30. The molecule has 156 valence electrons. The molecule has 2 aromatic rings. The van der Waals surface area contributed by atoms with Crippen molar-refractivity contribution in [3.63, 3.8) is 0 Å². The number of Topliss-reactive ketones (excluding diaryl/α,β-unsaturated/α-hetero) is 1. The van der Waals surface area contributed by atoms with E-state index in [1.165, 1.54) is 17.0 Å². The summed E-state index contributed by atoms with van der Waals surface area (Å²) in [6.45, 7) is 2.05. The number of aliphatic hydroxyl groups is 1. The molecule has 2 N–H and O–H groups in total. The molecule has 1 fully saturated rings. The number of aliphatic hydroxyl groups excluding tert-OH is 1. The monoisotopic (exact) mass is 411 g/mol. The van der Waals surface area contributed by atoms with Gasteiger partial charge in [-0.1, -0.05) is 31.2 Å². The second-order valence-electron chi connectivity index (χ2n) is 7.09. The number of rotatable bonds is 7. The van der Waals surface area contributed by atoms with Gasteiger partial charge in [-0.3, -0.25) is 14.4 Å². The van der Waals surface area contributed by atoms with Gasteiger partial charge in [-0.2, -0.15) is 0 Å². The van der Waals surface area contributed by atoms with Gasteiger partial charge in [0.05, 0.1) is 11.6 Å². The molecule has 30 heavy (non-hydrogen) atoms. The van der Waals surface area contributed by atoms with Crippen molar-refractivity contribution in [2.75, 3.05) is 6.54 Å². The minimum atomic E-state index is -0.998. The van der Waals surface area contributed by atoms with Gasteiger partial charge in [-0.15, -0.1) is 0 Å². The number of nitrogens with zero attached hydrogens (tertiary/aromatic N) is 1. The van der Waals surface area contributed by atoms with Crippen molar-refractivity contribution < 1.29 is 29.0 Å². The number of benzene rings is 2. The summed E-state index contributed by atoms with van der Waals surface area (Å²) in [5, 5.41) is 19.7. The number of carboxylic acid groups (broad SMARTS) is 1. The van der Waals surface area contributed by atoms with E-state index in [9.17, 15) is 23.9 Å². The predicted molar refractivity (Wildman–Crippen MR) is 108 cm³/mol. The first-order valence-electron chi connectivity index (χ1n) is 9.68. The van der Waals surface area contributed by atoms with E-state index in [2.05, 4.69) is 0 Å². The lowest BCUT2D eigenvalue weighted by atomic mass is 9.94. The zero-order chi connectivity index (χ0) is 21.8. The maximum Gasteiger partial charge on any atom is 0.303 e. The van der Waals surface area contributed by atoms with Crippen LogP contribution in [0.1, 0.15) is 42.5 Å². The van der Waals surface area contributed by atoms with Crippen LogP contribution in [0.3, 0.4) is 0 Å². The van der Waals surface area contributed by atoms with E-state index in [1.54, 1.807) is 12.1 Å². The molecule has 1 aliphatic heterocycles. The van der Waals surface area contributed by atoms with Crippen LogP contribution in [0.5, 0.6) is 0 Å². The number of carbonyl (C=O) groups is 3. The number of aliphatic carboxylic acids is 1. The summed E-state index contributed by atoms with van der Waals surface area (Å²) in [6, 6.07) is 11.5. The molecule has 0 aromatic heterocycles. The molecular weight excluding hydrogens is 389 g/mol. The lowest BCUT2D eigenvalue weighted by Gasteiger charge is -2.25. The van der Waals surface area contributed by atoms with Crippen LogP contribution < -0.4 is 0 Å². The first-order chi connectivity index (χ1) is 14.3. The van der Waals surface area contributed by atoms with Gasteiger partial charge < -0.3 is 15.1 Å². The van der Waals surface area contributed by atoms with Gasteiger partial charge in [0, 0.05) is 18.5 Å².